The van der Waals surface area contributed by atoms with Crippen LogP contribution in [0.25, 0.3) is 0 Å². The van der Waals surface area contributed by atoms with E-state index in [9.17, 15) is 14.4 Å². The summed E-state index contributed by atoms with van der Waals surface area (Å²) >= 11 is 0. The van der Waals surface area contributed by atoms with E-state index in [1.54, 1.807) is 42.3 Å². The molecule has 0 aliphatic rings. The van der Waals surface area contributed by atoms with Crippen molar-refractivity contribution in [2.24, 2.45) is 0 Å². The molecule has 4 N–H and O–H groups in total. The van der Waals surface area contributed by atoms with Gasteiger partial charge in [-0.25, -0.2) is 15.3 Å². The molecule has 3 aromatic rings. The van der Waals surface area contributed by atoms with E-state index in [0.717, 1.165) is 16.8 Å². The maximum atomic E-state index is 12.7. The van der Waals surface area contributed by atoms with Crippen LogP contribution < -0.4 is 10.8 Å². The average Bonchev–Trinajstić information content (AvgIpc) is 3.31. The first-order valence-corrected chi connectivity index (χ1v) is 11.4. The van der Waals surface area contributed by atoms with Gasteiger partial charge in [-0.2, -0.15) is 0 Å². The van der Waals surface area contributed by atoms with Crippen LogP contribution in [0, 0.1) is 0 Å². The van der Waals surface area contributed by atoms with Gasteiger partial charge in [0, 0.05) is 37.3 Å². The van der Waals surface area contributed by atoms with E-state index in [0.29, 0.717) is 19.4 Å². The molecule has 184 valence electrons. The van der Waals surface area contributed by atoms with Crippen LogP contribution in [0.3, 0.4) is 0 Å². The summed E-state index contributed by atoms with van der Waals surface area (Å²) < 4.78 is 1.99. The van der Waals surface area contributed by atoms with Crippen molar-refractivity contribution in [1.82, 2.24) is 20.3 Å². The molecule has 0 aliphatic carbocycles. The van der Waals surface area contributed by atoms with Gasteiger partial charge in [0.2, 0.25) is 11.8 Å². The number of nitrogens with zero attached hydrogens (tertiary/aromatic N) is 2. The van der Waals surface area contributed by atoms with Crippen LogP contribution in [0.5, 0.6) is 0 Å². The molecule has 0 fully saturated rings. The molecule has 9 heteroatoms. The summed E-state index contributed by atoms with van der Waals surface area (Å²) in [6.45, 7) is 2.57. The number of nitrogens with one attached hydrogen (secondary N) is 2. The van der Waals surface area contributed by atoms with Crippen LogP contribution in [0.1, 0.15) is 59.3 Å². The molecule has 3 rings (SSSR count). The first-order valence-electron chi connectivity index (χ1n) is 11.4. The highest BCUT2D eigenvalue weighted by Gasteiger charge is 2.19. The van der Waals surface area contributed by atoms with Crippen molar-refractivity contribution in [2.45, 2.75) is 51.1 Å². The normalized spacial score (nSPS) is 12.5. The SMILES string of the molecule is CC(CCC(=O)NC(CC(=O)NO)Cc1ccccc1)c1cncn1Cc1ccc(C(=O)O)cc1. The van der Waals surface area contributed by atoms with E-state index in [2.05, 4.69) is 10.3 Å². The van der Waals surface area contributed by atoms with Crippen LogP contribution in [-0.4, -0.2) is 43.7 Å². The van der Waals surface area contributed by atoms with Crippen molar-refractivity contribution in [3.63, 3.8) is 0 Å². The molecule has 2 atom stereocenters. The molecule has 0 saturated carbocycles. The van der Waals surface area contributed by atoms with E-state index in [4.69, 9.17) is 10.3 Å². The largest absolute Gasteiger partial charge is 0.478 e. The predicted molar refractivity (Wildman–Crippen MR) is 129 cm³/mol. The highest BCUT2D eigenvalue weighted by atomic mass is 16.5. The molecule has 0 aliphatic heterocycles. The zero-order valence-corrected chi connectivity index (χ0v) is 19.6. The van der Waals surface area contributed by atoms with E-state index >= 15 is 0 Å². The zero-order valence-electron chi connectivity index (χ0n) is 19.6. The minimum atomic E-state index is -0.963. The number of carbonyl (C=O) groups excluding carboxylic acids is 2. The van der Waals surface area contributed by atoms with Gasteiger partial charge in [-0.3, -0.25) is 14.8 Å². The van der Waals surface area contributed by atoms with Gasteiger partial charge in [0.15, 0.2) is 0 Å². The third kappa shape index (κ3) is 7.79. The van der Waals surface area contributed by atoms with E-state index in [1.807, 2.05) is 41.8 Å². The molecule has 0 spiro atoms. The van der Waals surface area contributed by atoms with Crippen LogP contribution >= 0.6 is 0 Å². The summed E-state index contributed by atoms with van der Waals surface area (Å²) in [7, 11) is 0. The van der Waals surface area contributed by atoms with E-state index in [1.165, 1.54) is 0 Å². The van der Waals surface area contributed by atoms with Crippen LogP contribution in [0.4, 0.5) is 0 Å². The Morgan fingerprint density at radius 1 is 1.00 bits per heavy atom. The lowest BCUT2D eigenvalue weighted by Gasteiger charge is -2.19. The van der Waals surface area contributed by atoms with Crippen LogP contribution in [0.2, 0.25) is 0 Å². The zero-order chi connectivity index (χ0) is 25.2. The van der Waals surface area contributed by atoms with E-state index in [-0.39, 0.29) is 30.2 Å². The minimum Gasteiger partial charge on any atom is -0.478 e. The minimum absolute atomic E-state index is 0.0277. The molecule has 2 aromatic carbocycles. The molecule has 0 saturated heterocycles. The Balaban J connectivity index is 1.56. The van der Waals surface area contributed by atoms with Crippen molar-refractivity contribution in [2.75, 3.05) is 0 Å². The number of aromatic carboxylic acids is 1. The number of hydrogen-bond donors (Lipinski definition) is 4. The van der Waals surface area contributed by atoms with Gasteiger partial charge in [0.1, 0.15) is 0 Å². The number of imidazole rings is 1. The highest BCUT2D eigenvalue weighted by molar-refractivity contribution is 5.87. The Labute approximate surface area is 203 Å². The number of amides is 2. The first-order chi connectivity index (χ1) is 16.9. The summed E-state index contributed by atoms with van der Waals surface area (Å²) in [5, 5.41) is 20.9. The monoisotopic (exact) mass is 478 g/mol. The second-order valence-corrected chi connectivity index (χ2v) is 8.58. The number of carboxylic acid groups (broad SMARTS) is 1. The van der Waals surface area contributed by atoms with Crippen molar-refractivity contribution in [3.8, 4) is 0 Å². The lowest BCUT2D eigenvalue weighted by atomic mass is 10.00. The van der Waals surface area contributed by atoms with Gasteiger partial charge in [-0.05, 0) is 42.0 Å². The van der Waals surface area contributed by atoms with Crippen LogP contribution in [-0.2, 0) is 22.6 Å². The van der Waals surface area contributed by atoms with Crippen molar-refractivity contribution in [1.29, 1.82) is 0 Å². The Morgan fingerprint density at radius 2 is 1.71 bits per heavy atom. The third-order valence-electron chi connectivity index (χ3n) is 5.85. The summed E-state index contributed by atoms with van der Waals surface area (Å²) in [5.74, 6) is -1.64. The highest BCUT2D eigenvalue weighted by Crippen LogP contribution is 2.21. The molecular weight excluding hydrogens is 448 g/mol. The Kier molecular flexibility index (Phi) is 9.14. The number of hydroxylamine groups is 1. The summed E-state index contributed by atoms with van der Waals surface area (Å²) in [6.07, 6.45) is 4.80. The summed E-state index contributed by atoms with van der Waals surface area (Å²) in [5.41, 5.74) is 4.77. The summed E-state index contributed by atoms with van der Waals surface area (Å²) in [6, 6.07) is 15.8. The third-order valence-corrected chi connectivity index (χ3v) is 5.85. The van der Waals surface area contributed by atoms with Crippen molar-refractivity contribution >= 4 is 17.8 Å². The van der Waals surface area contributed by atoms with Gasteiger partial charge in [-0.15, -0.1) is 0 Å². The molecule has 0 bridgehead atoms. The molecule has 2 amide bonds. The molecule has 1 heterocycles. The number of carboxylic acids is 1. The standard InChI is InChI=1S/C26H30N4O5/c1-18(23-15-27-17-30(23)16-20-8-10-21(11-9-20)26(33)34)7-12-24(31)28-22(14-25(32)29-35)13-19-5-3-2-4-6-19/h2-6,8-11,15,17-18,22,35H,7,12-14,16H2,1H3,(H,28,31)(H,29,32)(H,33,34). The number of hydrogen-bond acceptors (Lipinski definition) is 5. The first kappa shape index (κ1) is 25.6. The van der Waals surface area contributed by atoms with Gasteiger partial charge >= 0.3 is 5.97 Å². The van der Waals surface area contributed by atoms with E-state index < -0.39 is 17.9 Å². The van der Waals surface area contributed by atoms with Gasteiger partial charge in [0.25, 0.3) is 0 Å². The van der Waals surface area contributed by atoms with Gasteiger partial charge < -0.3 is 15.0 Å². The number of aromatic nitrogens is 2. The molecule has 9 nitrogen and oxygen atoms in total. The predicted octanol–water partition coefficient (Wildman–Crippen LogP) is 3.14. The lowest BCUT2D eigenvalue weighted by Crippen LogP contribution is -2.40. The Bertz CT molecular complexity index is 1130. The fourth-order valence-corrected chi connectivity index (χ4v) is 3.96. The number of rotatable bonds is 12. The van der Waals surface area contributed by atoms with Gasteiger partial charge in [0.05, 0.1) is 11.9 Å². The van der Waals surface area contributed by atoms with Crippen molar-refractivity contribution < 1.29 is 24.7 Å². The Morgan fingerprint density at radius 3 is 2.37 bits per heavy atom. The topological polar surface area (TPSA) is 134 Å². The summed E-state index contributed by atoms with van der Waals surface area (Å²) in [4.78, 5) is 39.7. The maximum absolute atomic E-state index is 12.7. The fourth-order valence-electron chi connectivity index (χ4n) is 3.96. The molecular formula is C26H30N4O5. The lowest BCUT2D eigenvalue weighted by molar-refractivity contribution is -0.130. The van der Waals surface area contributed by atoms with Gasteiger partial charge in [-0.1, -0.05) is 49.4 Å². The second kappa shape index (κ2) is 12.5. The fraction of sp³-hybridized carbons (Fsp3) is 0.308. The second-order valence-electron chi connectivity index (χ2n) is 8.58. The molecule has 0 radical (unpaired) electrons. The Hall–Kier alpha value is -3.98. The average molecular weight is 479 g/mol. The quantitative estimate of drug-likeness (QED) is 0.233. The van der Waals surface area contributed by atoms with Crippen molar-refractivity contribution in [3.05, 3.63) is 89.5 Å². The number of benzene rings is 2. The number of carbonyl (C=O) groups is 3. The maximum Gasteiger partial charge on any atom is 0.335 e. The molecule has 35 heavy (non-hydrogen) atoms. The smallest absolute Gasteiger partial charge is 0.335 e. The molecule has 1 aromatic heterocycles. The van der Waals surface area contributed by atoms with Crippen LogP contribution in [0.15, 0.2) is 67.1 Å². The molecule has 2 unspecified atom stereocenters.